The lowest BCUT2D eigenvalue weighted by atomic mass is 10.4. The lowest BCUT2D eigenvalue weighted by molar-refractivity contribution is 0.805. The van der Waals surface area contributed by atoms with Crippen molar-refractivity contribution in [1.29, 1.82) is 0 Å². The second-order valence-corrected chi connectivity index (χ2v) is 3.81. The van der Waals surface area contributed by atoms with Gasteiger partial charge in [-0.2, -0.15) is 0 Å². The van der Waals surface area contributed by atoms with Crippen molar-refractivity contribution in [1.82, 2.24) is 4.98 Å². The molecule has 0 aromatic carbocycles. The highest BCUT2D eigenvalue weighted by molar-refractivity contribution is 7.11. The van der Waals surface area contributed by atoms with Crippen molar-refractivity contribution in [2.75, 3.05) is 0 Å². The van der Waals surface area contributed by atoms with E-state index in [1.807, 2.05) is 20.0 Å². The van der Waals surface area contributed by atoms with Gasteiger partial charge in [0.2, 0.25) is 0 Å². The fourth-order valence-corrected chi connectivity index (χ4v) is 1.61. The van der Waals surface area contributed by atoms with Crippen molar-refractivity contribution >= 4 is 17.3 Å². The Balaban J connectivity index is 2.78. The number of aliphatic imine (C=N–C) groups is 1. The summed E-state index contributed by atoms with van der Waals surface area (Å²) in [4.78, 5) is 9.32. The van der Waals surface area contributed by atoms with Crippen molar-refractivity contribution in [3.05, 3.63) is 16.1 Å². The largest absolute Gasteiger partial charge is 0.370 e. The molecule has 1 aromatic rings. The Morgan fingerprint density at radius 3 is 2.75 bits per heavy atom. The van der Waals surface area contributed by atoms with E-state index >= 15 is 0 Å². The monoisotopic (exact) mass is 184 g/mol. The second-order valence-electron chi connectivity index (χ2n) is 2.54. The molecule has 0 saturated heterocycles. The molecule has 0 aliphatic heterocycles. The average Bonchev–Trinajstić information content (AvgIpc) is 2.34. The third-order valence-electron chi connectivity index (χ3n) is 1.34. The van der Waals surface area contributed by atoms with E-state index in [4.69, 9.17) is 11.5 Å². The van der Waals surface area contributed by atoms with Gasteiger partial charge >= 0.3 is 0 Å². The zero-order chi connectivity index (χ0) is 9.14. The fourth-order valence-electron chi connectivity index (χ4n) is 0.844. The highest BCUT2D eigenvalue weighted by atomic mass is 32.1. The summed E-state index contributed by atoms with van der Waals surface area (Å²) in [5.74, 6) is 0.107. The van der Waals surface area contributed by atoms with Gasteiger partial charge in [0.05, 0.1) is 0 Å². The molecule has 66 valence electrons. The summed E-state index contributed by atoms with van der Waals surface area (Å²) >= 11 is 1.61. The third kappa shape index (κ3) is 2.20. The van der Waals surface area contributed by atoms with Gasteiger partial charge in [0.25, 0.3) is 0 Å². The number of hydrogen-bond acceptors (Lipinski definition) is 3. The van der Waals surface area contributed by atoms with Crippen molar-refractivity contribution in [2.24, 2.45) is 16.5 Å². The smallest absolute Gasteiger partial charge is 0.186 e. The van der Waals surface area contributed by atoms with E-state index in [-0.39, 0.29) is 12.0 Å². The van der Waals surface area contributed by atoms with Crippen LogP contribution in [0.4, 0.5) is 0 Å². The van der Waals surface area contributed by atoms with Crippen molar-refractivity contribution in [2.45, 2.75) is 19.9 Å². The highest BCUT2D eigenvalue weighted by Gasteiger charge is 2.07. The Labute approximate surface area is 75.3 Å². The molecule has 0 aliphatic carbocycles. The first kappa shape index (κ1) is 8.99. The lowest BCUT2D eigenvalue weighted by Gasteiger charge is -2.00. The van der Waals surface area contributed by atoms with Crippen LogP contribution < -0.4 is 11.5 Å². The number of thiazole rings is 1. The molecule has 1 heterocycles. The summed E-state index contributed by atoms with van der Waals surface area (Å²) in [5, 5.41) is 0.945. The second kappa shape index (κ2) is 3.53. The topological polar surface area (TPSA) is 77.3 Å². The van der Waals surface area contributed by atoms with Gasteiger partial charge in [0, 0.05) is 11.1 Å². The van der Waals surface area contributed by atoms with Gasteiger partial charge < -0.3 is 11.5 Å². The number of guanidine groups is 1. The van der Waals surface area contributed by atoms with Crippen LogP contribution in [0.15, 0.2) is 11.2 Å². The Bertz CT molecular complexity index is 287. The first-order valence-corrected chi connectivity index (χ1v) is 4.42. The molecular weight excluding hydrogens is 172 g/mol. The molecule has 1 rings (SSSR count). The normalized spacial score (nSPS) is 12.5. The van der Waals surface area contributed by atoms with E-state index in [1.54, 1.807) is 11.3 Å². The van der Waals surface area contributed by atoms with Gasteiger partial charge in [-0.1, -0.05) is 0 Å². The van der Waals surface area contributed by atoms with Gasteiger partial charge in [0.15, 0.2) is 5.96 Å². The van der Waals surface area contributed by atoms with Crippen LogP contribution in [0.1, 0.15) is 22.9 Å². The molecule has 0 radical (unpaired) electrons. The van der Waals surface area contributed by atoms with Crippen LogP contribution in [-0.4, -0.2) is 10.9 Å². The summed E-state index contributed by atoms with van der Waals surface area (Å²) in [5.41, 5.74) is 10.5. The predicted octanol–water partition coefficient (Wildman–Crippen LogP) is 0.786. The number of hydrogen-bond donors (Lipinski definition) is 2. The van der Waals surface area contributed by atoms with Gasteiger partial charge in [0.1, 0.15) is 11.0 Å². The first-order chi connectivity index (χ1) is 5.59. The minimum Gasteiger partial charge on any atom is -0.370 e. The first-order valence-electron chi connectivity index (χ1n) is 3.60. The van der Waals surface area contributed by atoms with E-state index in [9.17, 15) is 0 Å². The molecule has 4 N–H and O–H groups in total. The summed E-state index contributed by atoms with van der Waals surface area (Å²) in [6.45, 7) is 3.92. The van der Waals surface area contributed by atoms with Gasteiger partial charge in [-0.3, -0.25) is 0 Å². The predicted molar refractivity (Wildman–Crippen MR) is 51.1 cm³/mol. The molecule has 1 atom stereocenters. The molecule has 0 spiro atoms. The van der Waals surface area contributed by atoms with Crippen LogP contribution in [0.25, 0.3) is 0 Å². The molecule has 1 unspecified atom stereocenters. The molecule has 0 fully saturated rings. The number of aryl methyl sites for hydroxylation is 1. The zero-order valence-corrected chi connectivity index (χ0v) is 7.93. The molecular formula is C7H12N4S. The average molecular weight is 184 g/mol. The van der Waals surface area contributed by atoms with E-state index < -0.39 is 0 Å². The van der Waals surface area contributed by atoms with Crippen LogP contribution in [0, 0.1) is 6.92 Å². The molecule has 4 nitrogen and oxygen atoms in total. The van der Waals surface area contributed by atoms with Crippen molar-refractivity contribution < 1.29 is 0 Å². The molecule has 1 aromatic heterocycles. The van der Waals surface area contributed by atoms with E-state index in [1.165, 1.54) is 4.88 Å². The van der Waals surface area contributed by atoms with Crippen molar-refractivity contribution in [3.63, 3.8) is 0 Å². The van der Waals surface area contributed by atoms with Crippen LogP contribution >= 0.6 is 11.3 Å². The van der Waals surface area contributed by atoms with E-state index in [2.05, 4.69) is 9.98 Å². The molecule has 12 heavy (non-hydrogen) atoms. The highest BCUT2D eigenvalue weighted by Crippen LogP contribution is 2.21. The third-order valence-corrected chi connectivity index (χ3v) is 2.42. The Morgan fingerprint density at radius 2 is 2.33 bits per heavy atom. The minimum absolute atomic E-state index is 0.0336. The van der Waals surface area contributed by atoms with E-state index in [0.29, 0.717) is 0 Å². The summed E-state index contributed by atoms with van der Waals surface area (Å²) in [7, 11) is 0. The maximum absolute atomic E-state index is 5.24. The molecule has 5 heteroatoms. The summed E-state index contributed by atoms with van der Waals surface area (Å²) < 4.78 is 0. The molecule has 0 aliphatic rings. The Morgan fingerprint density at radius 1 is 1.67 bits per heavy atom. The van der Waals surface area contributed by atoms with Crippen LogP contribution in [0.3, 0.4) is 0 Å². The van der Waals surface area contributed by atoms with Crippen molar-refractivity contribution in [3.8, 4) is 0 Å². The van der Waals surface area contributed by atoms with Crippen LogP contribution in [0.2, 0.25) is 0 Å². The quantitative estimate of drug-likeness (QED) is 0.527. The number of rotatable bonds is 2. The van der Waals surface area contributed by atoms with Crippen LogP contribution in [0.5, 0.6) is 0 Å². The van der Waals surface area contributed by atoms with Gasteiger partial charge in [-0.25, -0.2) is 9.98 Å². The number of aromatic nitrogens is 1. The Kier molecular flexibility index (Phi) is 2.65. The lowest BCUT2D eigenvalue weighted by Crippen LogP contribution is -2.23. The van der Waals surface area contributed by atoms with Crippen LogP contribution in [-0.2, 0) is 0 Å². The van der Waals surface area contributed by atoms with E-state index in [0.717, 1.165) is 5.01 Å². The summed E-state index contributed by atoms with van der Waals surface area (Å²) in [6.07, 6.45) is 1.82. The van der Waals surface area contributed by atoms with Gasteiger partial charge in [-0.15, -0.1) is 11.3 Å². The molecule has 0 amide bonds. The molecule has 0 saturated carbocycles. The summed E-state index contributed by atoms with van der Waals surface area (Å²) in [6, 6.07) is -0.0336. The SMILES string of the molecule is Cc1cnc(C(C)N=C(N)N)s1. The number of nitrogens with zero attached hydrogens (tertiary/aromatic N) is 2. The Hall–Kier alpha value is -1.10. The number of nitrogens with two attached hydrogens (primary N) is 2. The minimum atomic E-state index is -0.0336. The fraction of sp³-hybridized carbons (Fsp3) is 0.429. The maximum Gasteiger partial charge on any atom is 0.186 e. The maximum atomic E-state index is 5.24. The zero-order valence-electron chi connectivity index (χ0n) is 7.11. The molecule has 0 bridgehead atoms. The van der Waals surface area contributed by atoms with Gasteiger partial charge in [-0.05, 0) is 13.8 Å². The standard InChI is InChI=1S/C7H12N4S/c1-4-3-10-6(12-4)5(2)11-7(8)9/h3,5H,1-2H3,(H4,8,9,11).